The maximum absolute atomic E-state index is 11.5. The van der Waals surface area contributed by atoms with Crippen LogP contribution in [0.2, 0.25) is 45.8 Å². The molecule has 7 nitrogen and oxygen atoms in total. The first-order valence-corrected chi connectivity index (χ1v) is 20.8. The van der Waals surface area contributed by atoms with E-state index in [4.69, 9.17) is 22.4 Å². The van der Waals surface area contributed by atoms with E-state index in [2.05, 4.69) is 59.7 Å². The van der Waals surface area contributed by atoms with Crippen molar-refractivity contribution in [2.45, 2.75) is 72.5 Å². The Morgan fingerprint density at radius 1 is 0.853 bits per heavy atom. The average molecular weight is 529 g/mol. The van der Waals surface area contributed by atoms with Gasteiger partial charge in [-0.2, -0.15) is 0 Å². The lowest BCUT2D eigenvalue weighted by molar-refractivity contribution is -0.131. The van der Waals surface area contributed by atoms with Crippen molar-refractivity contribution in [1.29, 1.82) is 0 Å². The minimum Gasteiger partial charge on any atom is -0.492 e. The molecule has 10 heteroatoms. The van der Waals surface area contributed by atoms with Gasteiger partial charge in [-0.05, 0) is 70.7 Å². The smallest absolute Gasteiger partial charge is 0.349 e. The van der Waals surface area contributed by atoms with Crippen LogP contribution in [0.25, 0.3) is 6.08 Å². The highest BCUT2D eigenvalue weighted by Gasteiger charge is 2.47. The second kappa shape index (κ2) is 11.9. The van der Waals surface area contributed by atoms with Gasteiger partial charge in [-0.25, -0.2) is 4.79 Å². The summed E-state index contributed by atoms with van der Waals surface area (Å²) in [6, 6.07) is 0. The monoisotopic (exact) mass is 528 g/mol. The molecule has 0 fully saturated rings. The Kier molecular flexibility index (Phi) is 10.6. The molecule has 0 atom stereocenters. The Labute approximate surface area is 208 Å². The lowest BCUT2D eigenvalue weighted by atomic mass is 9.98. The molecule has 0 aliphatic rings. The SMILES string of the molecule is COc1c(C=CC(=O)O)c([Si](C)(O[Si](C)(C)C)O[Si](C)(C)C)c(CCC(C)C)c(OC)c1OC. The van der Waals surface area contributed by atoms with E-state index >= 15 is 0 Å². The highest BCUT2D eigenvalue weighted by Crippen LogP contribution is 2.44. The van der Waals surface area contributed by atoms with Gasteiger partial charge in [0.15, 0.2) is 28.1 Å². The van der Waals surface area contributed by atoms with Crippen molar-refractivity contribution in [3.8, 4) is 17.2 Å². The number of methoxy groups -OCH3 is 3. The maximum Gasteiger partial charge on any atom is 0.349 e. The summed E-state index contributed by atoms with van der Waals surface area (Å²) in [4.78, 5) is 11.5. The van der Waals surface area contributed by atoms with Crippen LogP contribution in [0.3, 0.4) is 0 Å². The number of carboxylic acids is 1. The Morgan fingerprint density at radius 2 is 1.32 bits per heavy atom. The van der Waals surface area contributed by atoms with E-state index < -0.39 is 31.2 Å². The van der Waals surface area contributed by atoms with Crippen LogP contribution in [-0.4, -0.2) is 57.6 Å². The van der Waals surface area contributed by atoms with Gasteiger partial charge >= 0.3 is 14.5 Å². The average Bonchev–Trinajstić information content (AvgIpc) is 2.65. The van der Waals surface area contributed by atoms with Crippen LogP contribution < -0.4 is 19.4 Å². The molecular weight excluding hydrogens is 485 g/mol. The molecule has 1 aromatic rings. The van der Waals surface area contributed by atoms with Gasteiger partial charge < -0.3 is 27.5 Å². The number of benzene rings is 1. The summed E-state index contributed by atoms with van der Waals surface area (Å²) in [6.45, 7) is 19.3. The lowest BCUT2D eigenvalue weighted by Gasteiger charge is -2.41. The van der Waals surface area contributed by atoms with Crippen LogP contribution in [0.15, 0.2) is 6.08 Å². The number of ether oxygens (including phenoxy) is 3. The van der Waals surface area contributed by atoms with Crippen molar-refractivity contribution < 1.29 is 32.3 Å². The van der Waals surface area contributed by atoms with Crippen molar-refractivity contribution in [3.63, 3.8) is 0 Å². The van der Waals surface area contributed by atoms with E-state index in [9.17, 15) is 9.90 Å². The van der Waals surface area contributed by atoms with E-state index in [0.717, 1.165) is 23.2 Å². The first-order valence-electron chi connectivity index (χ1n) is 11.7. The fourth-order valence-corrected chi connectivity index (χ4v) is 16.3. The van der Waals surface area contributed by atoms with Crippen LogP contribution in [0.1, 0.15) is 31.4 Å². The summed E-state index contributed by atoms with van der Waals surface area (Å²) >= 11 is 0. The molecule has 0 unspecified atom stereocenters. The summed E-state index contributed by atoms with van der Waals surface area (Å²) in [7, 11) is -2.54. The zero-order valence-corrected chi connectivity index (χ0v) is 26.0. The molecule has 0 bridgehead atoms. The molecule has 0 saturated heterocycles. The van der Waals surface area contributed by atoms with Crippen molar-refractivity contribution in [1.82, 2.24) is 0 Å². The van der Waals surface area contributed by atoms with E-state index in [0.29, 0.717) is 35.2 Å². The molecule has 194 valence electrons. The minimum atomic E-state index is -3.10. The molecular formula is C24H44O7Si3. The molecule has 0 amide bonds. The predicted molar refractivity (Wildman–Crippen MR) is 146 cm³/mol. The molecule has 0 spiro atoms. The van der Waals surface area contributed by atoms with Gasteiger partial charge in [0, 0.05) is 22.4 Å². The van der Waals surface area contributed by atoms with Gasteiger partial charge in [0.1, 0.15) is 0 Å². The molecule has 1 rings (SSSR count). The van der Waals surface area contributed by atoms with Crippen molar-refractivity contribution in [3.05, 3.63) is 17.2 Å². The van der Waals surface area contributed by atoms with Gasteiger partial charge in [0.2, 0.25) is 5.75 Å². The summed E-state index contributed by atoms with van der Waals surface area (Å²) in [5, 5.41) is 10.3. The Morgan fingerprint density at radius 3 is 1.68 bits per heavy atom. The first kappa shape index (κ1) is 30.4. The molecule has 0 saturated carbocycles. The van der Waals surface area contributed by atoms with Crippen LogP contribution in [0.4, 0.5) is 0 Å². The normalized spacial score (nSPS) is 13.0. The first-order chi connectivity index (χ1) is 15.5. The third kappa shape index (κ3) is 8.26. The topological polar surface area (TPSA) is 83.5 Å². The van der Waals surface area contributed by atoms with E-state index in [1.807, 2.05) is 0 Å². The number of carboxylic acid groups (broad SMARTS) is 1. The third-order valence-corrected chi connectivity index (χ3v) is 14.4. The number of hydrogen-bond donors (Lipinski definition) is 1. The van der Waals surface area contributed by atoms with Crippen LogP contribution in [0, 0.1) is 5.92 Å². The highest BCUT2D eigenvalue weighted by molar-refractivity contribution is 6.94. The van der Waals surface area contributed by atoms with Crippen LogP contribution >= 0.6 is 0 Å². The fraction of sp³-hybridized carbons (Fsp3) is 0.625. The maximum atomic E-state index is 11.5. The quantitative estimate of drug-likeness (QED) is 0.272. The van der Waals surface area contributed by atoms with Gasteiger partial charge in [0.05, 0.1) is 21.3 Å². The second-order valence-corrected chi connectivity index (χ2v) is 23.3. The Balaban J connectivity index is 4.30. The molecule has 0 aliphatic carbocycles. The zero-order chi connectivity index (χ0) is 26.5. The van der Waals surface area contributed by atoms with Gasteiger partial charge in [-0.3, -0.25) is 0 Å². The largest absolute Gasteiger partial charge is 0.492 e. The van der Waals surface area contributed by atoms with E-state index in [1.54, 1.807) is 27.4 Å². The standard InChI is InChI=1S/C24H44O7Si3/c1-17(2)13-14-18-21(27-3)23(29-5)22(28-4)19(15-16-20(25)26)24(18)34(12,30-32(6,7)8)31-33(9,10)11/h15-17H,13-14H2,1-12H3,(H,25,26). The summed E-state index contributed by atoms with van der Waals surface area (Å²) in [6.07, 6.45) is 4.31. The van der Waals surface area contributed by atoms with Crippen molar-refractivity contribution in [2.24, 2.45) is 5.92 Å². The van der Waals surface area contributed by atoms with E-state index in [-0.39, 0.29) is 0 Å². The molecule has 1 aromatic carbocycles. The fourth-order valence-electron chi connectivity index (χ4n) is 4.15. The number of carbonyl (C=O) groups is 1. The van der Waals surface area contributed by atoms with Gasteiger partial charge in [0.25, 0.3) is 0 Å². The van der Waals surface area contributed by atoms with Crippen molar-refractivity contribution >= 4 is 42.4 Å². The van der Waals surface area contributed by atoms with E-state index in [1.165, 1.54) is 0 Å². The van der Waals surface area contributed by atoms with Crippen LogP contribution in [0.5, 0.6) is 17.2 Å². The number of aliphatic carboxylic acids is 1. The van der Waals surface area contributed by atoms with Crippen molar-refractivity contribution in [2.75, 3.05) is 21.3 Å². The Hall–Kier alpha value is -1.60. The lowest BCUT2D eigenvalue weighted by Crippen LogP contribution is -2.62. The zero-order valence-electron chi connectivity index (χ0n) is 23.0. The molecule has 0 radical (unpaired) electrons. The van der Waals surface area contributed by atoms with Gasteiger partial charge in [-0.15, -0.1) is 0 Å². The molecule has 1 N–H and O–H groups in total. The van der Waals surface area contributed by atoms with Crippen LogP contribution in [-0.2, 0) is 19.4 Å². The number of hydrogen-bond acceptors (Lipinski definition) is 6. The Bertz CT molecular complexity index is 868. The molecule has 0 aromatic heterocycles. The predicted octanol–water partition coefficient (Wildman–Crippen LogP) is 5.38. The minimum absolute atomic E-state index is 0.414. The third-order valence-electron chi connectivity index (χ3n) is 4.93. The van der Waals surface area contributed by atoms with Gasteiger partial charge in [-0.1, -0.05) is 13.8 Å². The molecule has 34 heavy (non-hydrogen) atoms. The summed E-state index contributed by atoms with van der Waals surface area (Å²) in [5.41, 5.74) is 1.55. The second-order valence-electron chi connectivity index (χ2n) is 10.8. The summed E-state index contributed by atoms with van der Waals surface area (Å²) < 4.78 is 31.3. The molecule has 0 aliphatic heterocycles. The highest BCUT2D eigenvalue weighted by atomic mass is 28.5. The summed E-state index contributed by atoms with van der Waals surface area (Å²) in [5.74, 6) is 0.839. The number of rotatable bonds is 13. The molecule has 0 heterocycles.